The summed E-state index contributed by atoms with van der Waals surface area (Å²) >= 11 is 0. The summed E-state index contributed by atoms with van der Waals surface area (Å²) in [5, 5.41) is 2.06. The van der Waals surface area contributed by atoms with E-state index in [2.05, 4.69) is 0 Å². The largest absolute Gasteiger partial charge is 0.482 e. The zero-order valence-corrected chi connectivity index (χ0v) is 13.3. The van der Waals surface area contributed by atoms with Crippen molar-refractivity contribution in [1.29, 1.82) is 0 Å². The summed E-state index contributed by atoms with van der Waals surface area (Å²) in [5.74, 6) is -1.12. The van der Waals surface area contributed by atoms with E-state index in [-0.39, 0.29) is 12.2 Å². The quantitative estimate of drug-likeness (QED) is 0.507. The minimum atomic E-state index is -0.669. The molecule has 0 aliphatic rings. The third-order valence-electron chi connectivity index (χ3n) is 3.59. The zero-order valence-electron chi connectivity index (χ0n) is 13.3. The van der Waals surface area contributed by atoms with Crippen LogP contribution in [0.5, 0.6) is 5.75 Å². The molecule has 0 heterocycles. The molecular formula is C20H15FO4. The minimum Gasteiger partial charge on any atom is -0.482 e. The molecule has 3 rings (SSSR count). The van der Waals surface area contributed by atoms with Gasteiger partial charge in [0.1, 0.15) is 11.6 Å². The molecule has 3 aromatic rings. The Morgan fingerprint density at radius 2 is 1.64 bits per heavy atom. The first-order valence-corrected chi connectivity index (χ1v) is 7.68. The van der Waals surface area contributed by atoms with Crippen molar-refractivity contribution in [3.8, 4) is 5.75 Å². The summed E-state index contributed by atoms with van der Waals surface area (Å²) in [6.07, 6.45) is 0. The van der Waals surface area contributed by atoms with Crippen LogP contribution < -0.4 is 4.74 Å². The maximum absolute atomic E-state index is 13.1. The number of carbonyl (C=O) groups excluding carboxylic acids is 2. The van der Waals surface area contributed by atoms with Crippen molar-refractivity contribution in [2.45, 2.75) is 0 Å². The Kier molecular flexibility index (Phi) is 5.04. The summed E-state index contributed by atoms with van der Waals surface area (Å²) in [6.45, 7) is -0.766. The van der Waals surface area contributed by atoms with Crippen molar-refractivity contribution in [3.63, 3.8) is 0 Å². The first-order chi connectivity index (χ1) is 12.1. The Hall–Kier alpha value is -3.21. The highest BCUT2D eigenvalue weighted by Gasteiger charge is 2.11. The Balaban J connectivity index is 1.51. The molecule has 0 bridgehead atoms. The molecule has 0 aliphatic carbocycles. The van der Waals surface area contributed by atoms with E-state index in [0.717, 1.165) is 16.8 Å². The van der Waals surface area contributed by atoms with Gasteiger partial charge in [-0.05, 0) is 35.0 Å². The lowest BCUT2D eigenvalue weighted by atomic mass is 10.1. The van der Waals surface area contributed by atoms with Gasteiger partial charge in [-0.3, -0.25) is 4.79 Å². The molecule has 0 spiro atoms. The number of hydrogen-bond acceptors (Lipinski definition) is 4. The summed E-state index contributed by atoms with van der Waals surface area (Å²) in [5.41, 5.74) is 0.156. The van der Waals surface area contributed by atoms with Gasteiger partial charge in [0, 0.05) is 5.56 Å². The predicted octanol–water partition coefficient (Wildman–Crippen LogP) is 3.78. The number of halogens is 1. The molecule has 0 aliphatic heterocycles. The highest BCUT2D eigenvalue weighted by Crippen LogP contribution is 2.20. The lowest BCUT2D eigenvalue weighted by Crippen LogP contribution is -2.19. The van der Waals surface area contributed by atoms with E-state index in [9.17, 15) is 14.0 Å². The van der Waals surface area contributed by atoms with E-state index >= 15 is 0 Å². The van der Waals surface area contributed by atoms with Crippen LogP contribution >= 0.6 is 0 Å². The van der Waals surface area contributed by atoms with Crippen molar-refractivity contribution in [1.82, 2.24) is 0 Å². The molecule has 25 heavy (non-hydrogen) atoms. The highest BCUT2D eigenvalue weighted by atomic mass is 19.1. The fraction of sp³-hybridized carbons (Fsp3) is 0.100. The van der Waals surface area contributed by atoms with Gasteiger partial charge in [-0.1, -0.05) is 42.5 Å². The normalized spacial score (nSPS) is 10.4. The number of rotatable bonds is 6. The third kappa shape index (κ3) is 4.41. The second-order valence-electron chi connectivity index (χ2n) is 5.39. The van der Waals surface area contributed by atoms with Crippen molar-refractivity contribution in [2.75, 3.05) is 13.2 Å². The standard InChI is InChI=1S/C20H15FO4/c21-17-7-3-6-16(10-17)19(22)12-25-20(23)13-24-18-9-8-14-4-1-2-5-15(14)11-18/h1-11H,12-13H2. The maximum Gasteiger partial charge on any atom is 0.344 e. The van der Waals surface area contributed by atoms with Gasteiger partial charge in [0.25, 0.3) is 0 Å². The first kappa shape index (κ1) is 16.6. The molecule has 0 amide bonds. The van der Waals surface area contributed by atoms with Gasteiger partial charge in [0.05, 0.1) is 0 Å². The van der Waals surface area contributed by atoms with Crippen LogP contribution in [0.25, 0.3) is 10.8 Å². The number of fused-ring (bicyclic) bond motifs is 1. The van der Waals surface area contributed by atoms with Gasteiger partial charge in [0.2, 0.25) is 0 Å². The lowest BCUT2D eigenvalue weighted by molar-refractivity contribution is -0.144. The minimum absolute atomic E-state index is 0.156. The van der Waals surface area contributed by atoms with E-state index in [1.54, 1.807) is 6.07 Å². The maximum atomic E-state index is 13.1. The van der Waals surface area contributed by atoms with Crippen LogP contribution in [0.1, 0.15) is 10.4 Å². The molecule has 0 unspecified atom stereocenters. The molecule has 126 valence electrons. The second-order valence-corrected chi connectivity index (χ2v) is 5.39. The van der Waals surface area contributed by atoms with Gasteiger partial charge in [-0.15, -0.1) is 0 Å². The van der Waals surface area contributed by atoms with E-state index in [0.29, 0.717) is 5.75 Å². The van der Waals surface area contributed by atoms with Crippen LogP contribution in [-0.2, 0) is 9.53 Å². The number of ketones is 1. The van der Waals surface area contributed by atoms with Crippen molar-refractivity contribution in [2.24, 2.45) is 0 Å². The average Bonchev–Trinajstić information content (AvgIpc) is 2.64. The number of esters is 1. The van der Waals surface area contributed by atoms with Crippen LogP contribution in [0.3, 0.4) is 0 Å². The van der Waals surface area contributed by atoms with Crippen LogP contribution in [0.2, 0.25) is 0 Å². The topological polar surface area (TPSA) is 52.6 Å². The van der Waals surface area contributed by atoms with Crippen LogP contribution in [0.4, 0.5) is 4.39 Å². The average molecular weight is 338 g/mol. The van der Waals surface area contributed by atoms with Gasteiger partial charge < -0.3 is 9.47 Å². The van der Waals surface area contributed by atoms with Crippen molar-refractivity contribution >= 4 is 22.5 Å². The molecule has 3 aromatic carbocycles. The Labute approximate surface area is 143 Å². The summed E-state index contributed by atoms with van der Waals surface area (Å²) < 4.78 is 23.3. The number of hydrogen-bond donors (Lipinski definition) is 0. The predicted molar refractivity (Wildman–Crippen MR) is 91.1 cm³/mol. The third-order valence-corrected chi connectivity index (χ3v) is 3.59. The second kappa shape index (κ2) is 7.57. The Morgan fingerprint density at radius 1 is 0.840 bits per heavy atom. The fourth-order valence-electron chi connectivity index (χ4n) is 2.33. The van der Waals surface area contributed by atoms with E-state index in [1.165, 1.54) is 18.2 Å². The summed E-state index contributed by atoms with van der Waals surface area (Å²) in [6, 6.07) is 18.5. The van der Waals surface area contributed by atoms with Gasteiger partial charge >= 0.3 is 5.97 Å². The molecular weight excluding hydrogens is 323 g/mol. The molecule has 0 fully saturated rings. The molecule has 5 heteroatoms. The van der Waals surface area contributed by atoms with Crippen LogP contribution in [-0.4, -0.2) is 25.0 Å². The van der Waals surface area contributed by atoms with E-state index in [1.807, 2.05) is 36.4 Å². The highest BCUT2D eigenvalue weighted by molar-refractivity contribution is 5.98. The Morgan fingerprint density at radius 3 is 2.44 bits per heavy atom. The summed E-state index contributed by atoms with van der Waals surface area (Å²) in [7, 11) is 0. The molecule has 0 saturated heterocycles. The van der Waals surface area contributed by atoms with Crippen molar-refractivity contribution in [3.05, 3.63) is 78.1 Å². The number of benzene rings is 3. The molecule has 4 nitrogen and oxygen atoms in total. The number of Topliss-reactive ketones (excluding diaryl/α,β-unsaturated/α-hetero) is 1. The van der Waals surface area contributed by atoms with Gasteiger partial charge in [0.15, 0.2) is 19.0 Å². The van der Waals surface area contributed by atoms with E-state index in [4.69, 9.17) is 9.47 Å². The SMILES string of the molecule is O=C(COc1ccc2ccccc2c1)OCC(=O)c1cccc(F)c1. The molecule has 0 atom stereocenters. The summed E-state index contributed by atoms with van der Waals surface area (Å²) in [4.78, 5) is 23.5. The van der Waals surface area contributed by atoms with Gasteiger partial charge in [-0.2, -0.15) is 0 Å². The smallest absolute Gasteiger partial charge is 0.344 e. The van der Waals surface area contributed by atoms with Crippen LogP contribution in [0.15, 0.2) is 66.7 Å². The molecule has 0 radical (unpaired) electrons. The van der Waals surface area contributed by atoms with E-state index < -0.39 is 24.2 Å². The van der Waals surface area contributed by atoms with Gasteiger partial charge in [-0.25, -0.2) is 9.18 Å². The molecule has 0 saturated carbocycles. The Bertz CT molecular complexity index is 920. The molecule has 0 N–H and O–H groups in total. The van der Waals surface area contributed by atoms with Crippen LogP contribution in [0, 0.1) is 5.82 Å². The van der Waals surface area contributed by atoms with Crippen molar-refractivity contribution < 1.29 is 23.5 Å². The number of ether oxygens (including phenoxy) is 2. The lowest BCUT2D eigenvalue weighted by Gasteiger charge is -2.08. The molecule has 0 aromatic heterocycles. The zero-order chi connectivity index (χ0) is 17.6. The number of carbonyl (C=O) groups is 2. The fourth-order valence-corrected chi connectivity index (χ4v) is 2.33. The monoisotopic (exact) mass is 338 g/mol. The first-order valence-electron chi connectivity index (χ1n) is 7.68.